The molecular weight excluding hydrogens is 433 g/mol. The van der Waals surface area contributed by atoms with Gasteiger partial charge in [-0.2, -0.15) is 0 Å². The zero-order chi connectivity index (χ0) is 23.9. The van der Waals surface area contributed by atoms with Crippen molar-refractivity contribution in [2.75, 3.05) is 13.3 Å². The molecule has 0 bridgehead atoms. The lowest BCUT2D eigenvalue weighted by molar-refractivity contribution is 0.156. The Morgan fingerprint density at radius 3 is 1.94 bits per heavy atom. The first kappa shape index (κ1) is 25.1. The molecule has 0 saturated heterocycles. The van der Waals surface area contributed by atoms with Crippen molar-refractivity contribution in [3.05, 3.63) is 53.6 Å². The number of ether oxygens (including phenoxy) is 1. The van der Waals surface area contributed by atoms with E-state index in [1.165, 1.54) is 81.9 Å². The second kappa shape index (κ2) is 12.1. The Bertz CT molecular complexity index is 871. The highest BCUT2D eigenvalue weighted by Gasteiger charge is 2.31. The molecule has 2 fully saturated rings. The Hall–Kier alpha value is -1.97. The van der Waals surface area contributed by atoms with Crippen molar-refractivity contribution >= 4 is 0 Å². The summed E-state index contributed by atoms with van der Waals surface area (Å²) < 4.78 is 46.1. The first-order valence-corrected chi connectivity index (χ1v) is 13.4. The van der Waals surface area contributed by atoms with Crippen LogP contribution in [-0.2, 0) is 0 Å². The van der Waals surface area contributed by atoms with E-state index in [1.807, 2.05) is 12.1 Å². The van der Waals surface area contributed by atoms with Crippen LogP contribution in [0.4, 0.5) is 13.2 Å². The van der Waals surface area contributed by atoms with E-state index in [0.29, 0.717) is 11.5 Å². The van der Waals surface area contributed by atoms with Crippen molar-refractivity contribution in [1.29, 1.82) is 0 Å². The lowest BCUT2D eigenvalue weighted by Crippen LogP contribution is -2.25. The molecule has 2 aliphatic rings. The van der Waals surface area contributed by atoms with Gasteiger partial charge in [-0.25, -0.2) is 8.78 Å². The molecule has 2 saturated carbocycles. The summed E-state index contributed by atoms with van der Waals surface area (Å²) in [4.78, 5) is 0. The zero-order valence-electron chi connectivity index (χ0n) is 20.5. The quantitative estimate of drug-likeness (QED) is 0.330. The normalized spacial score (nSPS) is 25.3. The Kier molecular flexibility index (Phi) is 8.97. The van der Waals surface area contributed by atoms with Crippen molar-refractivity contribution < 1.29 is 17.9 Å². The predicted molar refractivity (Wildman–Crippen MR) is 133 cm³/mol. The van der Waals surface area contributed by atoms with Crippen molar-refractivity contribution in [1.82, 2.24) is 0 Å². The van der Waals surface area contributed by atoms with E-state index in [1.54, 1.807) is 0 Å². The molecule has 1 nitrogen and oxygen atoms in total. The second-order valence-corrected chi connectivity index (χ2v) is 10.5. The van der Waals surface area contributed by atoms with Gasteiger partial charge in [-0.1, -0.05) is 56.9 Å². The molecule has 34 heavy (non-hydrogen) atoms. The van der Waals surface area contributed by atoms with Gasteiger partial charge in [0, 0.05) is 6.42 Å². The first-order chi connectivity index (χ1) is 16.6. The fourth-order valence-electron chi connectivity index (χ4n) is 6.32. The maximum atomic E-state index is 14.4. The number of halogens is 3. The van der Waals surface area contributed by atoms with Gasteiger partial charge >= 0.3 is 0 Å². The SMILES string of the molecule is CCCC1CCC(C2CCC(c3ccc(-c4cc(F)c(OCCCF)c(F)c4)cc3)CC2)CC1. The molecule has 0 aromatic heterocycles. The molecule has 0 spiro atoms. The van der Waals surface area contributed by atoms with Gasteiger partial charge in [-0.3, -0.25) is 4.39 Å². The highest BCUT2D eigenvalue weighted by molar-refractivity contribution is 5.65. The Labute approximate surface area is 203 Å². The largest absolute Gasteiger partial charge is 0.488 e. The Morgan fingerprint density at radius 1 is 0.794 bits per heavy atom. The summed E-state index contributed by atoms with van der Waals surface area (Å²) in [5.41, 5.74) is 2.61. The van der Waals surface area contributed by atoms with Crippen LogP contribution in [0.25, 0.3) is 11.1 Å². The van der Waals surface area contributed by atoms with Crippen LogP contribution in [0.2, 0.25) is 0 Å². The number of rotatable bonds is 9. The van der Waals surface area contributed by atoms with E-state index < -0.39 is 24.1 Å². The molecule has 0 aliphatic heterocycles. The molecule has 0 unspecified atom stereocenters. The molecular formula is C30H39F3O. The van der Waals surface area contributed by atoms with Crippen molar-refractivity contribution in [3.8, 4) is 16.9 Å². The van der Waals surface area contributed by atoms with Crippen LogP contribution in [0, 0.1) is 29.4 Å². The van der Waals surface area contributed by atoms with Crippen LogP contribution >= 0.6 is 0 Å². The maximum absolute atomic E-state index is 14.4. The summed E-state index contributed by atoms with van der Waals surface area (Å²) in [6, 6.07) is 10.8. The van der Waals surface area contributed by atoms with Crippen LogP contribution in [0.3, 0.4) is 0 Å². The number of hydrogen-bond acceptors (Lipinski definition) is 1. The number of hydrogen-bond donors (Lipinski definition) is 0. The summed E-state index contributed by atoms with van der Waals surface area (Å²) in [5.74, 6) is 1.47. The van der Waals surface area contributed by atoms with Gasteiger partial charge in [0.1, 0.15) is 0 Å². The highest BCUT2D eigenvalue weighted by atomic mass is 19.1. The smallest absolute Gasteiger partial charge is 0.190 e. The molecule has 0 radical (unpaired) electrons. The third kappa shape index (κ3) is 6.17. The van der Waals surface area contributed by atoms with Crippen LogP contribution in [0.5, 0.6) is 5.75 Å². The van der Waals surface area contributed by atoms with Gasteiger partial charge in [0.05, 0.1) is 13.3 Å². The average molecular weight is 473 g/mol. The van der Waals surface area contributed by atoms with Crippen LogP contribution in [0.15, 0.2) is 36.4 Å². The summed E-state index contributed by atoms with van der Waals surface area (Å²) in [6.07, 6.45) is 13.7. The highest BCUT2D eigenvalue weighted by Crippen LogP contribution is 2.44. The lowest BCUT2D eigenvalue weighted by atomic mass is 9.68. The fourth-order valence-corrected chi connectivity index (χ4v) is 6.32. The van der Waals surface area contributed by atoms with E-state index in [9.17, 15) is 13.2 Å². The minimum absolute atomic E-state index is 0.0409. The average Bonchev–Trinajstić information content (AvgIpc) is 2.86. The number of alkyl halides is 1. The van der Waals surface area contributed by atoms with Crippen LogP contribution < -0.4 is 4.74 Å². The fraction of sp³-hybridized carbons (Fsp3) is 0.600. The van der Waals surface area contributed by atoms with E-state index in [0.717, 1.165) is 23.3 Å². The molecule has 0 N–H and O–H groups in total. The van der Waals surface area contributed by atoms with Gasteiger partial charge in [-0.15, -0.1) is 0 Å². The predicted octanol–water partition coefficient (Wildman–Crippen LogP) is 9.25. The standard InChI is InChI=1S/C30H39F3O/c1-2-4-21-5-7-22(8-6-21)23-9-11-24(12-10-23)25-13-15-26(16-14-25)27-19-28(32)30(29(33)20-27)34-18-3-17-31/h13-16,19-24H,2-12,17-18H2,1H3. The van der Waals surface area contributed by atoms with E-state index >= 15 is 0 Å². The lowest BCUT2D eigenvalue weighted by Gasteiger charge is -2.38. The van der Waals surface area contributed by atoms with Gasteiger partial charge in [-0.05, 0) is 91.0 Å². The summed E-state index contributed by atoms with van der Waals surface area (Å²) in [6.45, 7) is 1.69. The molecule has 4 rings (SSSR count). The molecule has 4 heteroatoms. The van der Waals surface area contributed by atoms with Gasteiger partial charge in [0.2, 0.25) is 0 Å². The van der Waals surface area contributed by atoms with Crippen molar-refractivity contribution in [2.45, 2.75) is 83.5 Å². The molecule has 0 amide bonds. The molecule has 0 heterocycles. The molecule has 2 aromatic rings. The monoisotopic (exact) mass is 472 g/mol. The third-order valence-corrected chi connectivity index (χ3v) is 8.26. The maximum Gasteiger partial charge on any atom is 0.190 e. The Balaban J connectivity index is 1.32. The summed E-state index contributed by atoms with van der Waals surface area (Å²) >= 11 is 0. The minimum Gasteiger partial charge on any atom is -0.488 e. The van der Waals surface area contributed by atoms with Gasteiger partial charge in [0.15, 0.2) is 17.4 Å². The van der Waals surface area contributed by atoms with E-state index in [4.69, 9.17) is 4.74 Å². The van der Waals surface area contributed by atoms with Crippen LogP contribution in [-0.4, -0.2) is 13.3 Å². The van der Waals surface area contributed by atoms with Crippen molar-refractivity contribution in [3.63, 3.8) is 0 Å². The zero-order valence-corrected chi connectivity index (χ0v) is 20.5. The first-order valence-electron chi connectivity index (χ1n) is 13.4. The second-order valence-electron chi connectivity index (χ2n) is 10.5. The molecule has 0 atom stereocenters. The third-order valence-electron chi connectivity index (χ3n) is 8.26. The van der Waals surface area contributed by atoms with E-state index in [-0.39, 0.29) is 13.0 Å². The number of benzene rings is 2. The molecule has 186 valence electrons. The van der Waals surface area contributed by atoms with Gasteiger partial charge < -0.3 is 4.74 Å². The van der Waals surface area contributed by atoms with Crippen LogP contribution in [0.1, 0.15) is 89.0 Å². The summed E-state index contributed by atoms with van der Waals surface area (Å²) in [7, 11) is 0. The van der Waals surface area contributed by atoms with E-state index in [2.05, 4.69) is 19.1 Å². The minimum atomic E-state index is -0.750. The summed E-state index contributed by atoms with van der Waals surface area (Å²) in [5, 5.41) is 0. The van der Waals surface area contributed by atoms with Gasteiger partial charge in [0.25, 0.3) is 0 Å². The topological polar surface area (TPSA) is 9.23 Å². The Morgan fingerprint density at radius 2 is 1.38 bits per heavy atom. The molecule has 2 aromatic carbocycles. The molecule has 2 aliphatic carbocycles. The van der Waals surface area contributed by atoms with Crippen molar-refractivity contribution in [2.24, 2.45) is 17.8 Å².